The fourth-order valence-electron chi connectivity index (χ4n) is 3.02. The highest BCUT2D eigenvalue weighted by Crippen LogP contribution is 2.22. The molecule has 138 valence electrons. The van der Waals surface area contributed by atoms with Crippen LogP contribution in [0, 0.1) is 0 Å². The number of hydrogen-bond donors (Lipinski definition) is 1. The molecular weight excluding hydrogens is 334 g/mol. The summed E-state index contributed by atoms with van der Waals surface area (Å²) in [4.78, 5) is 2.45. The summed E-state index contributed by atoms with van der Waals surface area (Å²) in [6, 6.07) is 3.61. The van der Waals surface area contributed by atoms with E-state index in [2.05, 4.69) is 37.9 Å². The number of halogens is 2. The Balaban J connectivity index is 1.78. The summed E-state index contributed by atoms with van der Waals surface area (Å²) in [6.07, 6.45) is 0.487. The molecule has 0 bridgehead atoms. The summed E-state index contributed by atoms with van der Waals surface area (Å²) >= 11 is 0.579. The molecule has 2 unspecified atom stereocenters. The Bertz CT molecular complexity index is 501. The molecule has 24 heavy (non-hydrogen) atoms. The summed E-state index contributed by atoms with van der Waals surface area (Å²) < 4.78 is 35.8. The van der Waals surface area contributed by atoms with Crippen molar-refractivity contribution in [3.8, 4) is 0 Å². The van der Waals surface area contributed by atoms with E-state index in [1.54, 1.807) is 6.07 Å². The number of rotatable bonds is 8. The number of hydrogen-bond acceptors (Lipinski definition) is 5. The van der Waals surface area contributed by atoms with E-state index >= 15 is 0 Å². The second-order valence-corrected chi connectivity index (χ2v) is 8.00. The minimum atomic E-state index is -2.37. The molecule has 4 nitrogen and oxygen atoms in total. The molecule has 0 spiro atoms. The lowest BCUT2D eigenvalue weighted by Gasteiger charge is -2.45. The molecule has 0 aromatic carbocycles. The second kappa shape index (κ2) is 8.65. The molecule has 0 amide bonds. The van der Waals surface area contributed by atoms with Crippen LogP contribution < -0.4 is 5.32 Å². The average Bonchev–Trinajstić information content (AvgIpc) is 2.92. The molecule has 1 saturated heterocycles. The van der Waals surface area contributed by atoms with Gasteiger partial charge in [-0.15, -0.1) is 0 Å². The fraction of sp³-hybridized carbons (Fsp3) is 0.765. The maximum Gasteiger partial charge on any atom is 0.284 e. The normalized spacial score (nSPS) is 23.1. The highest BCUT2D eigenvalue weighted by Gasteiger charge is 2.32. The zero-order valence-electron chi connectivity index (χ0n) is 14.9. The van der Waals surface area contributed by atoms with Crippen molar-refractivity contribution < 1.29 is 17.9 Å². The number of ether oxygens (including phenoxy) is 1. The number of nitrogens with zero attached hydrogens (tertiary/aromatic N) is 1. The highest BCUT2D eigenvalue weighted by molar-refractivity contribution is 7.98. The van der Waals surface area contributed by atoms with Gasteiger partial charge in [0.05, 0.1) is 24.5 Å². The van der Waals surface area contributed by atoms with Crippen molar-refractivity contribution in [2.45, 2.75) is 63.5 Å². The number of nitrogens with one attached hydrogen (secondary N) is 1. The first kappa shape index (κ1) is 19.7. The maximum absolute atomic E-state index is 12.2. The van der Waals surface area contributed by atoms with Crippen LogP contribution in [0.1, 0.15) is 39.2 Å². The number of morpholine rings is 1. The zero-order chi connectivity index (χ0) is 17.7. The molecular formula is C17H28F2N2O2S. The van der Waals surface area contributed by atoms with E-state index < -0.39 is 5.76 Å². The van der Waals surface area contributed by atoms with Gasteiger partial charge in [-0.25, -0.2) is 0 Å². The molecule has 1 fully saturated rings. The Labute approximate surface area is 147 Å². The van der Waals surface area contributed by atoms with Gasteiger partial charge < -0.3 is 14.5 Å². The van der Waals surface area contributed by atoms with Crippen LogP contribution in [-0.2, 0) is 17.0 Å². The number of thioether (sulfide) groups is 1. The predicted octanol–water partition coefficient (Wildman–Crippen LogP) is 3.71. The first-order valence-electron chi connectivity index (χ1n) is 8.35. The van der Waals surface area contributed by atoms with Crippen molar-refractivity contribution in [2.75, 3.05) is 19.6 Å². The molecule has 0 saturated carbocycles. The van der Waals surface area contributed by atoms with E-state index in [0.717, 1.165) is 25.4 Å². The van der Waals surface area contributed by atoms with Crippen LogP contribution in [0.15, 0.2) is 16.5 Å². The summed E-state index contributed by atoms with van der Waals surface area (Å²) in [5, 5.41) is 3.42. The van der Waals surface area contributed by atoms with E-state index in [4.69, 9.17) is 9.15 Å². The Morgan fingerprint density at radius 2 is 1.88 bits per heavy atom. The van der Waals surface area contributed by atoms with Gasteiger partial charge in [0.1, 0.15) is 11.5 Å². The van der Waals surface area contributed by atoms with Crippen LogP contribution in [0.4, 0.5) is 8.78 Å². The van der Waals surface area contributed by atoms with Gasteiger partial charge in [-0.3, -0.25) is 4.90 Å². The second-order valence-electron chi connectivity index (χ2n) is 7.02. The zero-order valence-corrected chi connectivity index (χ0v) is 15.7. The topological polar surface area (TPSA) is 37.6 Å². The lowest BCUT2D eigenvalue weighted by molar-refractivity contribution is -0.0953. The third kappa shape index (κ3) is 6.02. The molecule has 1 aromatic heterocycles. The average molecular weight is 362 g/mol. The van der Waals surface area contributed by atoms with Crippen molar-refractivity contribution in [2.24, 2.45) is 0 Å². The van der Waals surface area contributed by atoms with Gasteiger partial charge in [-0.2, -0.15) is 8.78 Å². The molecule has 7 heteroatoms. The number of alkyl halides is 2. The molecule has 1 aliphatic heterocycles. The van der Waals surface area contributed by atoms with E-state index in [1.807, 2.05) is 6.07 Å². The predicted molar refractivity (Wildman–Crippen MR) is 93.4 cm³/mol. The Morgan fingerprint density at radius 1 is 1.25 bits per heavy atom. The molecule has 2 heterocycles. The molecule has 1 aliphatic rings. The third-order valence-electron chi connectivity index (χ3n) is 4.20. The minimum absolute atomic E-state index is 0.00719. The lowest BCUT2D eigenvalue weighted by Crippen LogP contribution is -2.58. The van der Waals surface area contributed by atoms with Crippen LogP contribution in [-0.4, -0.2) is 48.0 Å². The van der Waals surface area contributed by atoms with Crippen molar-refractivity contribution in [3.63, 3.8) is 0 Å². The van der Waals surface area contributed by atoms with Gasteiger partial charge >= 0.3 is 0 Å². The molecule has 2 rings (SSSR count). The monoisotopic (exact) mass is 362 g/mol. The largest absolute Gasteiger partial charge is 0.464 e. The van der Waals surface area contributed by atoms with Crippen LogP contribution in [0.25, 0.3) is 0 Å². The minimum Gasteiger partial charge on any atom is -0.464 e. The maximum atomic E-state index is 12.2. The molecule has 1 N–H and O–H groups in total. The van der Waals surface area contributed by atoms with E-state index in [1.165, 1.54) is 0 Å². The fourth-order valence-corrected chi connectivity index (χ4v) is 3.46. The van der Waals surface area contributed by atoms with Gasteiger partial charge in [-0.1, -0.05) is 11.8 Å². The SMILES string of the molecule is CC1CN(C(C)(C)CNCc2ccc(CSC(F)F)o2)CC(C)O1. The first-order valence-corrected chi connectivity index (χ1v) is 9.39. The van der Waals surface area contributed by atoms with Gasteiger partial charge in [0, 0.05) is 25.2 Å². The van der Waals surface area contributed by atoms with Crippen molar-refractivity contribution >= 4 is 11.8 Å². The van der Waals surface area contributed by atoms with Gasteiger partial charge in [0.15, 0.2) is 0 Å². The summed E-state index contributed by atoms with van der Waals surface area (Å²) in [7, 11) is 0. The first-order chi connectivity index (χ1) is 11.3. The highest BCUT2D eigenvalue weighted by atomic mass is 32.2. The van der Waals surface area contributed by atoms with Crippen molar-refractivity contribution in [3.05, 3.63) is 23.7 Å². The smallest absolute Gasteiger partial charge is 0.284 e. The quantitative estimate of drug-likeness (QED) is 0.763. The van der Waals surface area contributed by atoms with Crippen molar-refractivity contribution in [1.29, 1.82) is 0 Å². The molecule has 2 atom stereocenters. The Morgan fingerprint density at radius 3 is 2.50 bits per heavy atom. The summed E-state index contributed by atoms with van der Waals surface area (Å²) in [5.74, 6) is -0.797. The van der Waals surface area contributed by atoms with E-state index in [0.29, 0.717) is 24.1 Å². The number of furan rings is 1. The lowest BCUT2D eigenvalue weighted by atomic mass is 10.00. The Hall–Kier alpha value is -0.630. The molecule has 0 aliphatic carbocycles. The van der Waals surface area contributed by atoms with Crippen molar-refractivity contribution in [1.82, 2.24) is 10.2 Å². The Kier molecular flexibility index (Phi) is 7.10. The van der Waals surface area contributed by atoms with Gasteiger partial charge in [0.2, 0.25) is 0 Å². The van der Waals surface area contributed by atoms with Gasteiger partial charge in [-0.05, 0) is 39.8 Å². The van der Waals surface area contributed by atoms with Crippen LogP contribution in [0.5, 0.6) is 0 Å². The molecule has 0 radical (unpaired) electrons. The van der Waals surface area contributed by atoms with Gasteiger partial charge in [0.25, 0.3) is 5.76 Å². The standard InChI is InChI=1S/C17H28F2N2O2S/c1-12-8-21(9-13(2)22-12)17(3,4)11-20-7-14-5-6-15(23-14)10-24-16(18)19/h5-6,12-13,16,20H,7-11H2,1-4H3. The van der Waals surface area contributed by atoms with Crippen LogP contribution in [0.2, 0.25) is 0 Å². The van der Waals surface area contributed by atoms with E-state index in [-0.39, 0.29) is 23.5 Å². The third-order valence-corrected chi connectivity index (χ3v) is 4.90. The van der Waals surface area contributed by atoms with Crippen LogP contribution >= 0.6 is 11.8 Å². The van der Waals surface area contributed by atoms with Crippen LogP contribution in [0.3, 0.4) is 0 Å². The summed E-state index contributed by atoms with van der Waals surface area (Å²) in [6.45, 7) is 11.9. The molecule has 1 aromatic rings. The summed E-state index contributed by atoms with van der Waals surface area (Å²) in [5.41, 5.74) is 0.00719. The van der Waals surface area contributed by atoms with E-state index in [9.17, 15) is 8.78 Å².